The van der Waals surface area contributed by atoms with Crippen LogP contribution in [0.2, 0.25) is 0 Å². The van der Waals surface area contributed by atoms with Crippen LogP contribution in [0.5, 0.6) is 0 Å². The van der Waals surface area contributed by atoms with Gasteiger partial charge in [0.25, 0.3) is 0 Å². The lowest BCUT2D eigenvalue weighted by atomic mass is 9.74. The summed E-state index contributed by atoms with van der Waals surface area (Å²) in [6.45, 7) is 2.77. The summed E-state index contributed by atoms with van der Waals surface area (Å²) in [5.41, 5.74) is 1.36. The first kappa shape index (κ1) is 20.7. The second-order valence-electron chi connectivity index (χ2n) is 6.58. The molecule has 2 aromatic carbocycles. The van der Waals surface area contributed by atoms with E-state index in [9.17, 15) is 13.2 Å². The molecule has 1 aliphatic heterocycles. The van der Waals surface area contributed by atoms with E-state index in [0.717, 1.165) is 43.6 Å². The molecule has 0 radical (unpaired) electrons. The van der Waals surface area contributed by atoms with Gasteiger partial charge in [0.05, 0.1) is 18.8 Å². The highest BCUT2D eigenvalue weighted by atomic mass is 35.5. The van der Waals surface area contributed by atoms with Gasteiger partial charge in [0.2, 0.25) is 0 Å². The molecule has 0 saturated carbocycles. The molecule has 6 heteroatoms. The molecule has 0 unspecified atom stereocenters. The third-order valence-electron chi connectivity index (χ3n) is 4.88. The minimum absolute atomic E-state index is 0. The van der Waals surface area contributed by atoms with E-state index in [2.05, 4.69) is 17.4 Å². The molecule has 1 aliphatic rings. The topological polar surface area (TPSA) is 21.3 Å². The number of ether oxygens (including phenoxy) is 1. The number of piperidine rings is 1. The Morgan fingerprint density at radius 2 is 1.54 bits per heavy atom. The maximum Gasteiger partial charge on any atom is 0.416 e. The molecule has 3 rings (SSSR count). The van der Waals surface area contributed by atoms with Crippen molar-refractivity contribution in [2.45, 2.75) is 31.0 Å². The van der Waals surface area contributed by atoms with Gasteiger partial charge >= 0.3 is 6.18 Å². The number of hydrogen-bond donors (Lipinski definition) is 1. The van der Waals surface area contributed by atoms with Crippen LogP contribution in [0.1, 0.15) is 29.5 Å². The van der Waals surface area contributed by atoms with Crippen molar-refractivity contribution in [1.29, 1.82) is 0 Å². The summed E-state index contributed by atoms with van der Waals surface area (Å²) in [4.78, 5) is 0. The Bertz CT molecular complexity index is 668. The van der Waals surface area contributed by atoms with Crippen LogP contribution in [0.15, 0.2) is 54.6 Å². The number of alkyl halides is 3. The van der Waals surface area contributed by atoms with E-state index < -0.39 is 11.7 Å². The van der Waals surface area contributed by atoms with Crippen LogP contribution in [0.3, 0.4) is 0 Å². The van der Waals surface area contributed by atoms with Gasteiger partial charge in [-0.1, -0.05) is 42.5 Å². The molecular weight excluding hydrogens is 363 g/mol. The van der Waals surface area contributed by atoms with Crippen LogP contribution in [0.25, 0.3) is 0 Å². The maximum absolute atomic E-state index is 12.6. The third kappa shape index (κ3) is 5.00. The molecule has 26 heavy (non-hydrogen) atoms. The molecule has 0 bridgehead atoms. The number of halogens is 4. The minimum Gasteiger partial charge on any atom is -0.376 e. The second kappa shape index (κ2) is 8.89. The van der Waals surface area contributed by atoms with E-state index in [1.807, 2.05) is 18.2 Å². The van der Waals surface area contributed by atoms with Crippen molar-refractivity contribution >= 4 is 12.4 Å². The van der Waals surface area contributed by atoms with E-state index in [4.69, 9.17) is 4.74 Å². The van der Waals surface area contributed by atoms with Gasteiger partial charge in [0.15, 0.2) is 0 Å². The minimum atomic E-state index is -4.30. The van der Waals surface area contributed by atoms with Crippen LogP contribution in [-0.4, -0.2) is 19.7 Å². The van der Waals surface area contributed by atoms with Gasteiger partial charge in [-0.05, 0) is 49.2 Å². The van der Waals surface area contributed by atoms with E-state index in [1.165, 1.54) is 17.7 Å². The largest absolute Gasteiger partial charge is 0.416 e. The van der Waals surface area contributed by atoms with Crippen LogP contribution in [-0.2, 0) is 22.9 Å². The van der Waals surface area contributed by atoms with Crippen LogP contribution < -0.4 is 5.32 Å². The predicted molar refractivity (Wildman–Crippen MR) is 98.6 cm³/mol. The lowest BCUT2D eigenvalue weighted by Crippen LogP contribution is -2.43. The monoisotopic (exact) mass is 385 g/mol. The molecule has 142 valence electrons. The highest BCUT2D eigenvalue weighted by Gasteiger charge is 2.34. The van der Waals surface area contributed by atoms with Crippen molar-refractivity contribution in [3.8, 4) is 0 Å². The maximum atomic E-state index is 12.6. The highest BCUT2D eigenvalue weighted by Crippen LogP contribution is 2.34. The molecule has 0 aliphatic carbocycles. The van der Waals surface area contributed by atoms with Crippen molar-refractivity contribution in [2.24, 2.45) is 0 Å². The molecular formula is C20H23ClF3NO. The van der Waals surface area contributed by atoms with E-state index >= 15 is 0 Å². The van der Waals surface area contributed by atoms with Gasteiger partial charge < -0.3 is 10.1 Å². The van der Waals surface area contributed by atoms with Gasteiger partial charge in [-0.3, -0.25) is 0 Å². The lowest BCUT2D eigenvalue weighted by Gasteiger charge is -2.38. The Hall–Kier alpha value is -1.56. The van der Waals surface area contributed by atoms with Crippen LogP contribution >= 0.6 is 12.4 Å². The van der Waals surface area contributed by atoms with Crippen molar-refractivity contribution in [3.63, 3.8) is 0 Å². The number of benzene rings is 2. The first-order chi connectivity index (χ1) is 12.0. The second-order valence-corrected chi connectivity index (χ2v) is 6.58. The quantitative estimate of drug-likeness (QED) is 0.785. The summed E-state index contributed by atoms with van der Waals surface area (Å²) in [5, 5.41) is 3.38. The standard InChI is InChI=1S/C20H22F3NO.ClH/c21-20(22,23)18-8-6-16(7-9-18)14-25-15-19(10-12-24-13-11-19)17-4-2-1-3-5-17;/h1-9,24H,10-15H2;1H. The zero-order valence-corrected chi connectivity index (χ0v) is 15.2. The fourth-order valence-corrected chi connectivity index (χ4v) is 3.37. The van der Waals surface area contributed by atoms with Crippen LogP contribution in [0, 0.1) is 0 Å². The Kier molecular flexibility index (Phi) is 7.09. The number of hydrogen-bond acceptors (Lipinski definition) is 2. The van der Waals surface area contributed by atoms with E-state index in [1.54, 1.807) is 0 Å². The number of rotatable bonds is 5. The normalized spacial score (nSPS) is 16.7. The summed E-state index contributed by atoms with van der Waals surface area (Å²) < 4.78 is 43.8. The molecule has 0 amide bonds. The SMILES string of the molecule is Cl.FC(F)(F)c1ccc(COCC2(c3ccccc3)CCNCC2)cc1. The van der Waals surface area contributed by atoms with Crippen molar-refractivity contribution < 1.29 is 17.9 Å². The average Bonchev–Trinajstić information content (AvgIpc) is 2.63. The summed E-state index contributed by atoms with van der Waals surface area (Å²) in [6, 6.07) is 15.5. The molecule has 1 saturated heterocycles. The molecule has 1 heterocycles. The van der Waals surface area contributed by atoms with Gasteiger partial charge in [0, 0.05) is 5.41 Å². The van der Waals surface area contributed by atoms with E-state index in [0.29, 0.717) is 13.2 Å². The molecule has 2 aromatic rings. The Morgan fingerprint density at radius 3 is 2.12 bits per heavy atom. The van der Waals surface area contributed by atoms with Gasteiger partial charge in [-0.2, -0.15) is 13.2 Å². The summed E-state index contributed by atoms with van der Waals surface area (Å²) >= 11 is 0. The predicted octanol–water partition coefficient (Wildman–Crippen LogP) is 4.97. The highest BCUT2D eigenvalue weighted by molar-refractivity contribution is 5.85. The van der Waals surface area contributed by atoms with Gasteiger partial charge in [-0.15, -0.1) is 12.4 Å². The molecule has 0 spiro atoms. The van der Waals surface area contributed by atoms with Gasteiger partial charge in [-0.25, -0.2) is 0 Å². The third-order valence-corrected chi connectivity index (χ3v) is 4.88. The Balaban J connectivity index is 0.00000243. The van der Waals surface area contributed by atoms with Crippen molar-refractivity contribution in [2.75, 3.05) is 19.7 Å². The first-order valence-electron chi connectivity index (χ1n) is 8.50. The zero-order chi connectivity index (χ0) is 17.8. The summed E-state index contributed by atoms with van der Waals surface area (Å²) in [6.07, 6.45) is -2.32. The average molecular weight is 386 g/mol. The molecule has 1 N–H and O–H groups in total. The van der Waals surface area contributed by atoms with Crippen LogP contribution in [0.4, 0.5) is 13.2 Å². The van der Waals surface area contributed by atoms with E-state index in [-0.39, 0.29) is 17.8 Å². The van der Waals surface area contributed by atoms with Crippen molar-refractivity contribution in [1.82, 2.24) is 5.32 Å². The van der Waals surface area contributed by atoms with Gasteiger partial charge in [0.1, 0.15) is 0 Å². The van der Waals surface area contributed by atoms with Crippen molar-refractivity contribution in [3.05, 3.63) is 71.3 Å². The molecule has 2 nitrogen and oxygen atoms in total. The molecule has 1 fully saturated rings. The zero-order valence-electron chi connectivity index (χ0n) is 14.4. The Morgan fingerprint density at radius 1 is 0.923 bits per heavy atom. The summed E-state index contributed by atoms with van der Waals surface area (Å²) in [5.74, 6) is 0. The first-order valence-corrected chi connectivity index (χ1v) is 8.50. The number of nitrogens with one attached hydrogen (secondary N) is 1. The fourth-order valence-electron chi connectivity index (χ4n) is 3.37. The smallest absolute Gasteiger partial charge is 0.376 e. The summed E-state index contributed by atoms with van der Waals surface area (Å²) in [7, 11) is 0. The lowest BCUT2D eigenvalue weighted by molar-refractivity contribution is -0.137. The fraction of sp³-hybridized carbons (Fsp3) is 0.400. The molecule has 0 atom stereocenters. The molecule has 0 aromatic heterocycles. The Labute approximate surface area is 158 Å².